The highest BCUT2D eigenvalue weighted by atomic mass is 16.5. The Hall–Kier alpha value is -1.75. The van der Waals surface area contributed by atoms with Gasteiger partial charge >= 0.3 is 0 Å². The summed E-state index contributed by atoms with van der Waals surface area (Å²) in [4.78, 5) is 11.3. The molecule has 5 nitrogen and oxygen atoms in total. The number of amides is 1. The van der Waals surface area contributed by atoms with Gasteiger partial charge in [0.25, 0.3) is 5.91 Å². The lowest BCUT2D eigenvalue weighted by atomic mass is 10.2. The molecule has 0 aromatic heterocycles. The van der Waals surface area contributed by atoms with Gasteiger partial charge in [0.2, 0.25) is 0 Å². The number of anilines is 2. The summed E-state index contributed by atoms with van der Waals surface area (Å²) in [6, 6.07) is 5.25. The number of carbonyl (C=O) groups is 1. The van der Waals surface area contributed by atoms with Gasteiger partial charge in [-0.15, -0.1) is 0 Å². The van der Waals surface area contributed by atoms with Crippen molar-refractivity contribution in [2.24, 2.45) is 0 Å². The third-order valence-corrected chi connectivity index (χ3v) is 2.19. The fourth-order valence-corrected chi connectivity index (χ4v) is 1.41. The van der Waals surface area contributed by atoms with Crippen molar-refractivity contribution in [1.82, 2.24) is 0 Å². The first-order valence-corrected chi connectivity index (χ1v) is 4.67. The number of aliphatic hydroxyl groups excluding tert-OH is 1. The predicted molar refractivity (Wildman–Crippen MR) is 55.9 cm³/mol. The lowest BCUT2D eigenvalue weighted by molar-refractivity contribution is -0.122. The van der Waals surface area contributed by atoms with E-state index in [1.54, 1.807) is 25.1 Å². The molecule has 1 unspecified atom stereocenters. The van der Waals surface area contributed by atoms with Gasteiger partial charge in [0.05, 0.1) is 5.69 Å². The highest BCUT2D eigenvalue weighted by molar-refractivity contribution is 5.98. The molecule has 15 heavy (non-hydrogen) atoms. The van der Waals surface area contributed by atoms with Crippen molar-refractivity contribution in [3.05, 3.63) is 18.2 Å². The lowest BCUT2D eigenvalue weighted by Crippen LogP contribution is -2.34. The van der Waals surface area contributed by atoms with E-state index in [4.69, 9.17) is 9.84 Å². The molecule has 1 aromatic carbocycles. The number of ether oxygens (including phenoxy) is 1. The van der Waals surface area contributed by atoms with Crippen LogP contribution in [0.25, 0.3) is 0 Å². The van der Waals surface area contributed by atoms with Crippen molar-refractivity contribution < 1.29 is 14.6 Å². The molecule has 0 bridgehead atoms. The van der Waals surface area contributed by atoms with Crippen molar-refractivity contribution in [2.45, 2.75) is 13.0 Å². The van der Waals surface area contributed by atoms with Crippen molar-refractivity contribution in [2.75, 3.05) is 17.4 Å². The molecule has 1 atom stereocenters. The van der Waals surface area contributed by atoms with E-state index in [9.17, 15) is 4.79 Å². The molecule has 0 spiro atoms. The Morgan fingerprint density at radius 1 is 1.60 bits per heavy atom. The van der Waals surface area contributed by atoms with Crippen LogP contribution in [0.4, 0.5) is 11.4 Å². The predicted octanol–water partition coefficient (Wildman–Crippen LogP) is 0.768. The molecule has 0 saturated heterocycles. The maximum Gasteiger partial charge on any atom is 0.265 e. The van der Waals surface area contributed by atoms with Crippen molar-refractivity contribution in [3.8, 4) is 5.75 Å². The van der Waals surface area contributed by atoms with Crippen molar-refractivity contribution in [1.29, 1.82) is 0 Å². The fourth-order valence-electron chi connectivity index (χ4n) is 1.41. The third kappa shape index (κ3) is 1.87. The van der Waals surface area contributed by atoms with Crippen LogP contribution in [-0.2, 0) is 4.79 Å². The summed E-state index contributed by atoms with van der Waals surface area (Å²) in [5.41, 5.74) is 1.35. The second-order valence-corrected chi connectivity index (χ2v) is 3.30. The van der Waals surface area contributed by atoms with Crippen LogP contribution in [0.2, 0.25) is 0 Å². The number of nitrogens with one attached hydrogen (secondary N) is 2. The molecule has 80 valence electrons. The number of carbonyl (C=O) groups excluding carboxylic acids is 1. The van der Waals surface area contributed by atoms with Crippen molar-refractivity contribution >= 4 is 17.3 Å². The standard InChI is InChI=1S/C10H12N2O3/c1-6-10(14)12-8-4-7(11-5-13)2-3-9(8)15-6/h2-4,6,11,13H,5H2,1H3,(H,12,14). The molecule has 1 aromatic rings. The zero-order valence-electron chi connectivity index (χ0n) is 8.28. The van der Waals surface area contributed by atoms with Crippen molar-refractivity contribution in [3.63, 3.8) is 0 Å². The first-order chi connectivity index (χ1) is 7.20. The van der Waals surface area contributed by atoms with Gasteiger partial charge < -0.3 is 20.5 Å². The van der Waals surface area contributed by atoms with Gasteiger partial charge in [0.1, 0.15) is 12.5 Å². The first kappa shape index (κ1) is 9.79. The summed E-state index contributed by atoms with van der Waals surface area (Å²) in [6.07, 6.45) is -0.464. The summed E-state index contributed by atoms with van der Waals surface area (Å²) in [7, 11) is 0. The molecule has 1 aliphatic rings. The summed E-state index contributed by atoms with van der Waals surface area (Å²) in [5, 5.41) is 14.1. The SMILES string of the molecule is CC1Oc2ccc(NCO)cc2NC1=O. The van der Waals surface area contributed by atoms with Gasteiger partial charge in [0.15, 0.2) is 6.10 Å². The summed E-state index contributed by atoms with van der Waals surface area (Å²) >= 11 is 0. The minimum absolute atomic E-state index is 0.149. The molecule has 1 aliphatic heterocycles. The van der Waals surface area contributed by atoms with Crippen LogP contribution < -0.4 is 15.4 Å². The fraction of sp³-hybridized carbons (Fsp3) is 0.300. The maximum atomic E-state index is 11.3. The van der Waals surface area contributed by atoms with E-state index in [0.29, 0.717) is 11.4 Å². The maximum absolute atomic E-state index is 11.3. The normalized spacial score (nSPS) is 18.8. The summed E-state index contributed by atoms with van der Waals surface area (Å²) in [6.45, 7) is 1.54. The molecule has 3 N–H and O–H groups in total. The Morgan fingerprint density at radius 3 is 3.13 bits per heavy atom. The second kappa shape index (κ2) is 3.78. The van der Waals surface area contributed by atoms with Crippen LogP contribution >= 0.6 is 0 Å². The molecule has 0 aliphatic carbocycles. The zero-order chi connectivity index (χ0) is 10.8. The first-order valence-electron chi connectivity index (χ1n) is 4.67. The Morgan fingerprint density at radius 2 is 2.40 bits per heavy atom. The van der Waals surface area contributed by atoms with Crippen LogP contribution in [0.15, 0.2) is 18.2 Å². The molecular weight excluding hydrogens is 196 g/mol. The van der Waals surface area contributed by atoms with Crippen LogP contribution in [-0.4, -0.2) is 23.8 Å². The number of fused-ring (bicyclic) bond motifs is 1. The Bertz CT molecular complexity index is 392. The molecule has 1 heterocycles. The van der Waals surface area contributed by atoms with E-state index < -0.39 is 6.10 Å². The van der Waals surface area contributed by atoms with Gasteiger partial charge in [-0.05, 0) is 25.1 Å². The van der Waals surface area contributed by atoms with E-state index in [-0.39, 0.29) is 12.6 Å². The Labute approximate surface area is 87.1 Å². The Balaban J connectivity index is 2.29. The number of hydrogen-bond acceptors (Lipinski definition) is 4. The molecule has 0 radical (unpaired) electrons. The number of aliphatic hydroxyl groups is 1. The molecule has 1 amide bonds. The molecular formula is C10H12N2O3. The molecule has 2 rings (SSSR count). The van der Waals surface area contributed by atoms with Gasteiger partial charge in [-0.2, -0.15) is 0 Å². The number of benzene rings is 1. The van der Waals surface area contributed by atoms with Gasteiger partial charge in [0, 0.05) is 5.69 Å². The van der Waals surface area contributed by atoms with E-state index in [0.717, 1.165) is 5.69 Å². The summed E-state index contributed by atoms with van der Waals surface area (Å²) in [5.74, 6) is 0.481. The van der Waals surface area contributed by atoms with Crippen LogP contribution in [0.1, 0.15) is 6.92 Å². The smallest absolute Gasteiger partial charge is 0.265 e. The molecule has 0 fully saturated rings. The monoisotopic (exact) mass is 208 g/mol. The second-order valence-electron chi connectivity index (χ2n) is 3.30. The van der Waals surface area contributed by atoms with Crippen LogP contribution in [0.5, 0.6) is 5.75 Å². The number of hydrogen-bond donors (Lipinski definition) is 3. The van der Waals surface area contributed by atoms with E-state index >= 15 is 0 Å². The topological polar surface area (TPSA) is 70.6 Å². The molecule has 5 heteroatoms. The third-order valence-electron chi connectivity index (χ3n) is 2.19. The van der Waals surface area contributed by atoms with E-state index in [1.165, 1.54) is 0 Å². The zero-order valence-corrected chi connectivity index (χ0v) is 8.28. The minimum Gasteiger partial charge on any atom is -0.479 e. The quantitative estimate of drug-likeness (QED) is 0.628. The molecule has 0 saturated carbocycles. The largest absolute Gasteiger partial charge is 0.479 e. The average molecular weight is 208 g/mol. The van der Waals surface area contributed by atoms with Gasteiger partial charge in [-0.25, -0.2) is 0 Å². The lowest BCUT2D eigenvalue weighted by Gasteiger charge is -2.23. The van der Waals surface area contributed by atoms with Gasteiger partial charge in [-0.1, -0.05) is 0 Å². The van der Waals surface area contributed by atoms with Gasteiger partial charge in [-0.3, -0.25) is 4.79 Å². The van der Waals surface area contributed by atoms with E-state index in [1.807, 2.05) is 0 Å². The number of rotatable bonds is 2. The Kier molecular flexibility index (Phi) is 2.47. The highest BCUT2D eigenvalue weighted by Gasteiger charge is 2.23. The summed E-state index contributed by atoms with van der Waals surface area (Å²) < 4.78 is 5.37. The van der Waals surface area contributed by atoms with Crippen LogP contribution in [0, 0.1) is 0 Å². The highest BCUT2D eigenvalue weighted by Crippen LogP contribution is 2.31. The average Bonchev–Trinajstić information content (AvgIpc) is 2.21. The van der Waals surface area contributed by atoms with E-state index in [2.05, 4.69) is 10.6 Å². The van der Waals surface area contributed by atoms with Crippen LogP contribution in [0.3, 0.4) is 0 Å². The minimum atomic E-state index is -0.464.